The number of fused-ring (bicyclic) bond motifs is 1. The average Bonchev–Trinajstić information content (AvgIpc) is 2.64. The Labute approximate surface area is 154 Å². The molecule has 0 aliphatic heterocycles. The first-order chi connectivity index (χ1) is 12.5. The van der Waals surface area contributed by atoms with E-state index in [1.165, 1.54) is 12.1 Å². The molecule has 0 aliphatic rings. The maximum Gasteiger partial charge on any atom is 0.265 e. The van der Waals surface area contributed by atoms with E-state index in [9.17, 15) is 9.18 Å². The minimum absolute atomic E-state index is 0.0926. The summed E-state index contributed by atoms with van der Waals surface area (Å²) in [6.45, 7) is 11.8. The van der Waals surface area contributed by atoms with Crippen LogP contribution in [0.3, 0.4) is 0 Å². The molecule has 0 radical (unpaired) electrons. The van der Waals surface area contributed by atoms with Crippen LogP contribution in [0.25, 0.3) is 16.6 Å². The largest absolute Gasteiger partial charge is 0.268 e. The van der Waals surface area contributed by atoms with Gasteiger partial charge in [-0.05, 0) is 61.2 Å². The van der Waals surface area contributed by atoms with Crippen LogP contribution in [0.1, 0.15) is 50.2 Å². The summed E-state index contributed by atoms with van der Waals surface area (Å²) in [7, 11) is 0. The van der Waals surface area contributed by atoms with Crippen molar-refractivity contribution in [3.8, 4) is 5.69 Å². The SMILES string of the molecule is CC.CCc1cc(C)cc2c(=O)n(-c3ccc(F)cc3C)c(CC)nc12. The molecule has 3 rings (SSSR count). The van der Waals surface area contributed by atoms with Crippen molar-refractivity contribution in [3.63, 3.8) is 0 Å². The lowest BCUT2D eigenvalue weighted by atomic mass is 10.0. The third-order valence-corrected chi connectivity index (χ3v) is 4.36. The van der Waals surface area contributed by atoms with E-state index in [-0.39, 0.29) is 11.4 Å². The Hall–Kier alpha value is -2.49. The Kier molecular flexibility index (Phi) is 6.30. The molecule has 3 aromatic rings. The average molecular weight is 354 g/mol. The Morgan fingerprint density at radius 2 is 1.73 bits per heavy atom. The van der Waals surface area contributed by atoms with Crippen LogP contribution in [0.15, 0.2) is 35.1 Å². The van der Waals surface area contributed by atoms with Gasteiger partial charge in [-0.1, -0.05) is 33.8 Å². The Bertz CT molecular complexity index is 990. The summed E-state index contributed by atoms with van der Waals surface area (Å²) in [4.78, 5) is 18.0. The minimum Gasteiger partial charge on any atom is -0.268 e. The van der Waals surface area contributed by atoms with Crippen molar-refractivity contribution in [1.29, 1.82) is 0 Å². The Balaban J connectivity index is 0.00000117. The molecule has 0 unspecified atom stereocenters. The van der Waals surface area contributed by atoms with Crippen LogP contribution >= 0.6 is 0 Å². The predicted molar refractivity (Wildman–Crippen MR) is 107 cm³/mol. The van der Waals surface area contributed by atoms with Crippen molar-refractivity contribution in [2.24, 2.45) is 0 Å². The summed E-state index contributed by atoms with van der Waals surface area (Å²) in [5.41, 5.74) is 4.22. The van der Waals surface area contributed by atoms with Gasteiger partial charge in [0.05, 0.1) is 16.6 Å². The number of rotatable bonds is 3. The fourth-order valence-electron chi connectivity index (χ4n) is 3.19. The highest BCUT2D eigenvalue weighted by Crippen LogP contribution is 2.21. The number of aromatic nitrogens is 2. The van der Waals surface area contributed by atoms with E-state index < -0.39 is 0 Å². The second kappa shape index (κ2) is 8.26. The lowest BCUT2D eigenvalue weighted by Gasteiger charge is -2.16. The van der Waals surface area contributed by atoms with Crippen LogP contribution in [-0.2, 0) is 12.8 Å². The molecule has 4 heteroatoms. The molecule has 0 aliphatic carbocycles. The molecule has 0 fully saturated rings. The van der Waals surface area contributed by atoms with Gasteiger partial charge in [-0.25, -0.2) is 9.37 Å². The van der Waals surface area contributed by atoms with Gasteiger partial charge in [0.1, 0.15) is 11.6 Å². The van der Waals surface area contributed by atoms with Gasteiger partial charge in [0, 0.05) is 6.42 Å². The zero-order valence-electron chi connectivity index (χ0n) is 16.5. The topological polar surface area (TPSA) is 34.9 Å². The van der Waals surface area contributed by atoms with Crippen LogP contribution in [0.4, 0.5) is 4.39 Å². The molecular weight excluding hydrogens is 327 g/mol. The molecule has 3 nitrogen and oxygen atoms in total. The molecule has 0 saturated heterocycles. The van der Waals surface area contributed by atoms with Crippen LogP contribution < -0.4 is 5.56 Å². The van der Waals surface area contributed by atoms with Crippen LogP contribution in [-0.4, -0.2) is 9.55 Å². The van der Waals surface area contributed by atoms with E-state index in [1.807, 2.05) is 40.7 Å². The third-order valence-electron chi connectivity index (χ3n) is 4.36. The van der Waals surface area contributed by atoms with Crippen LogP contribution in [0.2, 0.25) is 0 Å². The highest BCUT2D eigenvalue weighted by Gasteiger charge is 2.15. The highest BCUT2D eigenvalue weighted by atomic mass is 19.1. The van der Waals surface area contributed by atoms with Gasteiger partial charge < -0.3 is 0 Å². The number of hydrogen-bond donors (Lipinski definition) is 0. The number of hydrogen-bond acceptors (Lipinski definition) is 2. The zero-order chi connectivity index (χ0) is 19.4. The lowest BCUT2D eigenvalue weighted by Crippen LogP contribution is -2.25. The molecular formula is C22H27FN2O. The summed E-state index contributed by atoms with van der Waals surface area (Å²) >= 11 is 0. The molecule has 0 N–H and O–H groups in total. The first-order valence-corrected chi connectivity index (χ1v) is 9.28. The summed E-state index contributed by atoms with van der Waals surface area (Å²) in [5.74, 6) is 0.390. The fraction of sp³-hybridized carbons (Fsp3) is 0.364. The molecule has 138 valence electrons. The second-order valence-corrected chi connectivity index (χ2v) is 6.13. The lowest BCUT2D eigenvalue weighted by molar-refractivity contribution is 0.625. The van der Waals surface area contributed by atoms with Crippen molar-refractivity contribution in [1.82, 2.24) is 9.55 Å². The molecule has 0 bridgehead atoms. The molecule has 0 spiro atoms. The van der Waals surface area contributed by atoms with E-state index >= 15 is 0 Å². The van der Waals surface area contributed by atoms with Gasteiger partial charge in [0.25, 0.3) is 5.56 Å². The van der Waals surface area contributed by atoms with E-state index in [1.54, 1.807) is 10.6 Å². The van der Waals surface area contributed by atoms with Gasteiger partial charge in [-0.2, -0.15) is 0 Å². The maximum atomic E-state index is 13.4. The van der Waals surface area contributed by atoms with E-state index in [2.05, 4.69) is 13.0 Å². The maximum absolute atomic E-state index is 13.4. The second-order valence-electron chi connectivity index (χ2n) is 6.13. The molecule has 0 saturated carbocycles. The standard InChI is InChI=1S/C20H21FN2O.C2H6/c1-5-14-9-12(3)10-16-19(14)22-18(6-2)23(20(16)24)17-8-7-15(21)11-13(17)4;1-2/h7-11H,5-6H2,1-4H3;1-2H3. The Morgan fingerprint density at radius 1 is 1.04 bits per heavy atom. The van der Waals surface area contributed by atoms with Crippen LogP contribution in [0.5, 0.6) is 0 Å². The first kappa shape index (κ1) is 19.8. The van der Waals surface area contributed by atoms with Crippen molar-refractivity contribution in [2.75, 3.05) is 0 Å². The molecule has 0 amide bonds. The quantitative estimate of drug-likeness (QED) is 0.640. The Morgan fingerprint density at radius 3 is 2.31 bits per heavy atom. The summed E-state index contributed by atoms with van der Waals surface area (Å²) < 4.78 is 15.1. The van der Waals surface area contributed by atoms with Gasteiger partial charge in [0.2, 0.25) is 0 Å². The summed E-state index contributed by atoms with van der Waals surface area (Å²) in [6, 6.07) is 8.45. The van der Waals surface area contributed by atoms with E-state index in [4.69, 9.17) is 4.98 Å². The van der Waals surface area contributed by atoms with Gasteiger partial charge >= 0.3 is 0 Å². The van der Waals surface area contributed by atoms with Crippen molar-refractivity contribution >= 4 is 10.9 Å². The van der Waals surface area contributed by atoms with Crippen molar-refractivity contribution < 1.29 is 4.39 Å². The van der Waals surface area contributed by atoms with Crippen molar-refractivity contribution in [3.05, 3.63) is 69.0 Å². The van der Waals surface area contributed by atoms with E-state index in [0.717, 1.165) is 28.6 Å². The van der Waals surface area contributed by atoms with E-state index in [0.29, 0.717) is 23.3 Å². The predicted octanol–water partition coefficient (Wildman–Crippen LogP) is 5.29. The summed E-state index contributed by atoms with van der Waals surface area (Å²) in [5, 5.41) is 0.618. The summed E-state index contributed by atoms with van der Waals surface area (Å²) in [6.07, 6.45) is 1.45. The molecule has 1 heterocycles. The first-order valence-electron chi connectivity index (χ1n) is 9.28. The highest BCUT2D eigenvalue weighted by molar-refractivity contribution is 5.82. The van der Waals surface area contributed by atoms with Crippen LogP contribution in [0, 0.1) is 19.7 Å². The number of nitrogens with zero attached hydrogens (tertiary/aromatic N) is 2. The molecule has 2 aromatic carbocycles. The zero-order valence-corrected chi connectivity index (χ0v) is 16.5. The van der Waals surface area contributed by atoms with Gasteiger partial charge in [0.15, 0.2) is 0 Å². The third kappa shape index (κ3) is 3.55. The fourth-order valence-corrected chi connectivity index (χ4v) is 3.19. The number of halogens is 1. The monoisotopic (exact) mass is 354 g/mol. The number of benzene rings is 2. The van der Waals surface area contributed by atoms with Gasteiger partial charge in [-0.15, -0.1) is 0 Å². The molecule has 0 atom stereocenters. The van der Waals surface area contributed by atoms with Gasteiger partial charge in [-0.3, -0.25) is 9.36 Å². The van der Waals surface area contributed by atoms with Crippen molar-refractivity contribution in [2.45, 2.75) is 54.4 Å². The molecule has 26 heavy (non-hydrogen) atoms. The smallest absolute Gasteiger partial charge is 0.265 e. The minimum atomic E-state index is -0.305. The number of aryl methyl sites for hydroxylation is 4. The molecule has 1 aromatic heterocycles. The normalized spacial score (nSPS) is 10.6.